The van der Waals surface area contributed by atoms with Gasteiger partial charge in [0.15, 0.2) is 0 Å². The first-order valence-electron chi connectivity index (χ1n) is 6.01. The Hall–Kier alpha value is -1.15. The predicted molar refractivity (Wildman–Crippen MR) is 72.6 cm³/mol. The Morgan fingerprint density at radius 3 is 2.41 bits per heavy atom. The van der Waals surface area contributed by atoms with Crippen molar-refractivity contribution < 1.29 is 0 Å². The average Bonchev–Trinajstić information content (AvgIpc) is 2.33. The van der Waals surface area contributed by atoms with E-state index in [1.165, 1.54) is 10.8 Å². The first-order valence-corrected chi connectivity index (χ1v) is 6.44. The van der Waals surface area contributed by atoms with Crippen LogP contribution in [0.2, 0.25) is 0 Å². The van der Waals surface area contributed by atoms with Gasteiger partial charge in [-0.1, -0.05) is 31.2 Å². The maximum atomic E-state index is 6.25. The van der Waals surface area contributed by atoms with Crippen LogP contribution < -0.4 is 0 Å². The molecule has 2 nitrogen and oxygen atoms in total. The summed E-state index contributed by atoms with van der Waals surface area (Å²) in [6, 6.07) is 8.27. The Bertz CT molecular complexity index is 523. The number of benzene rings is 1. The van der Waals surface area contributed by atoms with Gasteiger partial charge in [0.1, 0.15) is 0 Å². The standard InChI is InChI=1S/C14H17ClN2/c1-4-11(9(2)15)14-13-8-6-5-7-12(13)10(3)16-17-14/h5-9,11H,4H2,1-3H3. The van der Waals surface area contributed by atoms with Gasteiger partial charge in [-0.3, -0.25) is 0 Å². The van der Waals surface area contributed by atoms with E-state index >= 15 is 0 Å². The summed E-state index contributed by atoms with van der Waals surface area (Å²) in [6.45, 7) is 6.15. The Morgan fingerprint density at radius 2 is 1.82 bits per heavy atom. The molecule has 2 atom stereocenters. The molecule has 0 spiro atoms. The molecule has 2 rings (SSSR count). The van der Waals surface area contributed by atoms with Crippen molar-refractivity contribution in [2.45, 2.75) is 38.5 Å². The fourth-order valence-corrected chi connectivity index (χ4v) is 2.57. The van der Waals surface area contributed by atoms with E-state index < -0.39 is 0 Å². The smallest absolute Gasteiger partial charge is 0.0754 e. The number of nitrogens with zero attached hydrogens (tertiary/aromatic N) is 2. The second kappa shape index (κ2) is 5.01. The van der Waals surface area contributed by atoms with Gasteiger partial charge in [0.25, 0.3) is 0 Å². The highest BCUT2D eigenvalue weighted by Gasteiger charge is 2.20. The van der Waals surface area contributed by atoms with E-state index in [-0.39, 0.29) is 11.3 Å². The summed E-state index contributed by atoms with van der Waals surface area (Å²) in [4.78, 5) is 0. The highest BCUT2D eigenvalue weighted by Crippen LogP contribution is 2.31. The lowest BCUT2D eigenvalue weighted by Crippen LogP contribution is -2.12. The van der Waals surface area contributed by atoms with E-state index in [1.807, 2.05) is 26.0 Å². The maximum Gasteiger partial charge on any atom is 0.0754 e. The van der Waals surface area contributed by atoms with Crippen LogP contribution in [0.25, 0.3) is 10.8 Å². The zero-order valence-electron chi connectivity index (χ0n) is 10.4. The van der Waals surface area contributed by atoms with E-state index in [9.17, 15) is 0 Å². The van der Waals surface area contributed by atoms with Gasteiger partial charge in [-0.2, -0.15) is 10.2 Å². The quantitative estimate of drug-likeness (QED) is 0.766. The van der Waals surface area contributed by atoms with E-state index in [0.29, 0.717) is 0 Å². The van der Waals surface area contributed by atoms with Crippen LogP contribution in [0.15, 0.2) is 24.3 Å². The molecule has 0 N–H and O–H groups in total. The first kappa shape index (κ1) is 12.3. The fourth-order valence-electron chi connectivity index (χ4n) is 2.27. The number of hydrogen-bond donors (Lipinski definition) is 0. The van der Waals surface area contributed by atoms with Gasteiger partial charge in [-0.25, -0.2) is 0 Å². The zero-order chi connectivity index (χ0) is 12.4. The average molecular weight is 249 g/mol. The maximum absolute atomic E-state index is 6.25. The van der Waals surface area contributed by atoms with Crippen molar-refractivity contribution in [2.75, 3.05) is 0 Å². The molecule has 0 amide bonds. The molecule has 0 saturated heterocycles. The normalized spacial score (nSPS) is 14.8. The highest BCUT2D eigenvalue weighted by atomic mass is 35.5. The molecule has 0 fully saturated rings. The summed E-state index contributed by atoms with van der Waals surface area (Å²) in [6.07, 6.45) is 0.979. The lowest BCUT2D eigenvalue weighted by Gasteiger charge is -2.18. The molecular formula is C14H17ClN2. The van der Waals surface area contributed by atoms with Gasteiger partial charge < -0.3 is 0 Å². The molecule has 1 heterocycles. The first-order chi connectivity index (χ1) is 8.15. The van der Waals surface area contributed by atoms with Crippen molar-refractivity contribution in [1.29, 1.82) is 0 Å². The molecule has 0 saturated carbocycles. The third-order valence-electron chi connectivity index (χ3n) is 3.25. The van der Waals surface area contributed by atoms with E-state index in [0.717, 1.165) is 17.8 Å². The Morgan fingerprint density at radius 1 is 1.18 bits per heavy atom. The molecule has 0 aliphatic rings. The Balaban J connectivity index is 2.66. The van der Waals surface area contributed by atoms with Crippen LogP contribution in [0.5, 0.6) is 0 Å². The molecule has 1 aromatic heterocycles. The minimum Gasteiger partial charge on any atom is -0.155 e. The number of fused-ring (bicyclic) bond motifs is 1. The molecule has 3 heteroatoms. The minimum atomic E-state index is 0.0698. The number of rotatable bonds is 3. The fraction of sp³-hybridized carbons (Fsp3) is 0.429. The van der Waals surface area contributed by atoms with Gasteiger partial charge in [0, 0.05) is 22.1 Å². The summed E-state index contributed by atoms with van der Waals surface area (Å²) in [5.74, 6) is 0.259. The second-order valence-corrected chi connectivity index (χ2v) is 5.10. The molecule has 2 unspecified atom stereocenters. The monoisotopic (exact) mass is 248 g/mol. The molecule has 2 aromatic rings. The molecule has 0 aliphatic carbocycles. The third kappa shape index (κ3) is 2.27. The molecule has 1 aromatic carbocycles. The summed E-state index contributed by atoms with van der Waals surface area (Å²) in [7, 11) is 0. The largest absolute Gasteiger partial charge is 0.155 e. The number of alkyl halides is 1. The van der Waals surface area contributed by atoms with E-state index in [4.69, 9.17) is 11.6 Å². The van der Waals surface area contributed by atoms with Gasteiger partial charge in [-0.05, 0) is 20.3 Å². The van der Waals surface area contributed by atoms with Crippen molar-refractivity contribution in [3.63, 3.8) is 0 Å². The van der Waals surface area contributed by atoms with Crippen LogP contribution in [0.3, 0.4) is 0 Å². The van der Waals surface area contributed by atoms with Gasteiger partial charge >= 0.3 is 0 Å². The summed E-state index contributed by atoms with van der Waals surface area (Å²) >= 11 is 6.25. The Labute approximate surface area is 107 Å². The molecular weight excluding hydrogens is 232 g/mol. The predicted octanol–water partition coefficient (Wildman–Crippen LogP) is 4.06. The van der Waals surface area contributed by atoms with Gasteiger partial charge in [0.2, 0.25) is 0 Å². The number of hydrogen-bond acceptors (Lipinski definition) is 2. The number of aromatic nitrogens is 2. The minimum absolute atomic E-state index is 0.0698. The van der Waals surface area contributed by atoms with Crippen LogP contribution in [0.4, 0.5) is 0 Å². The summed E-state index contributed by atoms with van der Waals surface area (Å²) in [5, 5.41) is 11.0. The molecule has 0 radical (unpaired) electrons. The van der Waals surface area contributed by atoms with Gasteiger partial charge in [-0.15, -0.1) is 11.6 Å². The molecule has 90 valence electrons. The van der Waals surface area contributed by atoms with Crippen molar-refractivity contribution >= 4 is 22.4 Å². The van der Waals surface area contributed by atoms with Crippen LogP contribution >= 0.6 is 11.6 Å². The SMILES string of the molecule is CCC(c1nnc(C)c2ccccc12)C(C)Cl. The van der Waals surface area contributed by atoms with Crippen LogP contribution in [0, 0.1) is 6.92 Å². The van der Waals surface area contributed by atoms with Crippen molar-refractivity contribution in [3.8, 4) is 0 Å². The van der Waals surface area contributed by atoms with Crippen LogP contribution in [-0.4, -0.2) is 15.6 Å². The molecule has 17 heavy (non-hydrogen) atoms. The van der Waals surface area contributed by atoms with Crippen molar-refractivity contribution in [1.82, 2.24) is 10.2 Å². The molecule has 0 bridgehead atoms. The van der Waals surface area contributed by atoms with Crippen molar-refractivity contribution in [2.24, 2.45) is 0 Å². The van der Waals surface area contributed by atoms with Crippen LogP contribution in [0.1, 0.15) is 37.6 Å². The van der Waals surface area contributed by atoms with Gasteiger partial charge in [0.05, 0.1) is 11.4 Å². The lowest BCUT2D eigenvalue weighted by molar-refractivity contribution is 0.625. The Kier molecular flexibility index (Phi) is 3.63. The van der Waals surface area contributed by atoms with Crippen molar-refractivity contribution in [3.05, 3.63) is 35.7 Å². The summed E-state index contributed by atoms with van der Waals surface area (Å²) < 4.78 is 0. The molecule has 0 aliphatic heterocycles. The highest BCUT2D eigenvalue weighted by molar-refractivity contribution is 6.21. The summed E-state index contributed by atoms with van der Waals surface area (Å²) in [5.41, 5.74) is 2.00. The topological polar surface area (TPSA) is 25.8 Å². The number of aryl methyl sites for hydroxylation is 1. The zero-order valence-corrected chi connectivity index (χ0v) is 11.2. The van der Waals surface area contributed by atoms with Crippen LogP contribution in [-0.2, 0) is 0 Å². The second-order valence-electron chi connectivity index (χ2n) is 4.41. The number of halogens is 1. The lowest BCUT2D eigenvalue weighted by atomic mass is 9.94. The van der Waals surface area contributed by atoms with E-state index in [1.54, 1.807) is 0 Å². The third-order valence-corrected chi connectivity index (χ3v) is 3.55. The van der Waals surface area contributed by atoms with E-state index in [2.05, 4.69) is 29.3 Å².